The number of benzene rings is 2. The molecule has 2 aromatic carbocycles. The second-order valence-electron chi connectivity index (χ2n) is 12.3. The third kappa shape index (κ3) is 7.21. The molecule has 0 radical (unpaired) electrons. The van der Waals surface area contributed by atoms with Gasteiger partial charge in [0.15, 0.2) is 19.7 Å². The van der Waals surface area contributed by atoms with Gasteiger partial charge in [0.25, 0.3) is 0 Å². The highest BCUT2D eigenvalue weighted by Crippen LogP contribution is 2.36. The van der Waals surface area contributed by atoms with Crippen LogP contribution in [-0.2, 0) is 56.1 Å². The molecule has 0 saturated carbocycles. The minimum absolute atomic E-state index is 0.00430. The molecule has 0 aliphatic rings. The maximum Gasteiger partial charge on any atom is 0.153 e. The van der Waals surface area contributed by atoms with Crippen LogP contribution in [0.25, 0.3) is 21.8 Å². The summed E-state index contributed by atoms with van der Waals surface area (Å²) < 4.78 is 49.6. The monoisotopic (exact) mass is 594 g/mol. The Labute approximate surface area is 237 Å². The van der Waals surface area contributed by atoms with E-state index in [1.54, 1.807) is 9.36 Å². The fraction of sp³-hybridized carbons (Fsp3) is 0.500. The van der Waals surface area contributed by atoms with Gasteiger partial charge in [-0.2, -0.15) is 10.2 Å². The van der Waals surface area contributed by atoms with Gasteiger partial charge in [-0.3, -0.25) is 9.36 Å². The van der Waals surface area contributed by atoms with E-state index >= 15 is 0 Å². The lowest BCUT2D eigenvalue weighted by atomic mass is 9.85. The zero-order chi connectivity index (χ0) is 29.7. The van der Waals surface area contributed by atoms with E-state index in [0.717, 1.165) is 27.4 Å². The molecule has 0 spiro atoms. The highest BCUT2D eigenvalue weighted by atomic mass is 35.5. The molecule has 0 N–H and O–H groups in total. The van der Waals surface area contributed by atoms with Crippen LogP contribution in [-0.4, -0.2) is 48.9 Å². The smallest absolute Gasteiger partial charge is 0.153 e. The molecule has 0 bridgehead atoms. The summed E-state index contributed by atoms with van der Waals surface area (Å²) >= 11 is 6.28. The Balaban J connectivity index is 0.000000216. The highest BCUT2D eigenvalue weighted by Gasteiger charge is 2.24. The first-order valence-electron chi connectivity index (χ1n) is 12.6. The molecule has 39 heavy (non-hydrogen) atoms. The van der Waals surface area contributed by atoms with Crippen LogP contribution in [0.2, 0.25) is 5.02 Å². The summed E-state index contributed by atoms with van der Waals surface area (Å²) in [5.41, 5.74) is 5.28. The van der Waals surface area contributed by atoms with Crippen molar-refractivity contribution in [1.29, 1.82) is 0 Å². The van der Waals surface area contributed by atoms with Crippen LogP contribution >= 0.6 is 11.6 Å². The van der Waals surface area contributed by atoms with Gasteiger partial charge in [0.2, 0.25) is 0 Å². The Hall–Kier alpha value is -2.43. The first-order chi connectivity index (χ1) is 17.6. The van der Waals surface area contributed by atoms with Crippen molar-refractivity contribution in [2.24, 2.45) is 14.1 Å². The third-order valence-corrected chi connectivity index (χ3v) is 8.28. The van der Waals surface area contributed by atoms with E-state index in [1.165, 1.54) is 18.1 Å². The first kappa shape index (κ1) is 31.1. The van der Waals surface area contributed by atoms with Crippen molar-refractivity contribution >= 4 is 53.1 Å². The third-order valence-electron chi connectivity index (χ3n) is 6.37. The summed E-state index contributed by atoms with van der Waals surface area (Å²) in [6, 6.07) is 9.79. The van der Waals surface area contributed by atoms with Gasteiger partial charge in [0.05, 0.1) is 38.9 Å². The van der Waals surface area contributed by atoms with Crippen LogP contribution in [0, 0.1) is 0 Å². The SMILES string of the molecule is Cn1nc(CS(C)(=O)=O)c2c(Cl)ccc(C(C)(C)C)c21.Cn1nc(CS(C)(=O)=O)c2cccc(C(C)(C)C)c21. The van der Waals surface area contributed by atoms with Gasteiger partial charge in [-0.25, -0.2) is 16.8 Å². The molecular formula is C28H39ClN4O4S2. The Kier molecular flexibility index (Phi) is 8.39. The summed E-state index contributed by atoms with van der Waals surface area (Å²) in [5, 5.41) is 11.0. The summed E-state index contributed by atoms with van der Waals surface area (Å²) in [5.74, 6) is -0.115. The zero-order valence-corrected chi connectivity index (χ0v) is 26.8. The van der Waals surface area contributed by atoms with Crippen LogP contribution in [0.1, 0.15) is 64.1 Å². The average Bonchev–Trinajstić information content (AvgIpc) is 3.22. The van der Waals surface area contributed by atoms with E-state index < -0.39 is 19.7 Å². The van der Waals surface area contributed by atoms with E-state index in [4.69, 9.17) is 11.6 Å². The maximum atomic E-state index is 11.6. The number of fused-ring (bicyclic) bond motifs is 2. The lowest BCUT2D eigenvalue weighted by molar-refractivity contribution is 0.589. The molecule has 2 aromatic heterocycles. The molecule has 0 fully saturated rings. The van der Waals surface area contributed by atoms with Crippen LogP contribution < -0.4 is 0 Å². The predicted octanol–water partition coefficient (Wildman–Crippen LogP) is 5.48. The summed E-state index contributed by atoms with van der Waals surface area (Å²) in [6.07, 6.45) is 2.44. The van der Waals surface area contributed by atoms with Gasteiger partial charge in [0, 0.05) is 37.4 Å². The van der Waals surface area contributed by atoms with Crippen LogP contribution in [0.3, 0.4) is 0 Å². The van der Waals surface area contributed by atoms with Crippen molar-refractivity contribution in [1.82, 2.24) is 19.6 Å². The van der Waals surface area contributed by atoms with E-state index in [1.807, 2.05) is 38.4 Å². The number of nitrogens with zero attached hydrogens (tertiary/aromatic N) is 4. The molecule has 11 heteroatoms. The molecule has 4 rings (SSSR count). The molecule has 214 valence electrons. The number of sulfone groups is 2. The molecular weight excluding hydrogens is 556 g/mol. The normalized spacial score (nSPS) is 13.1. The van der Waals surface area contributed by atoms with Crippen molar-refractivity contribution < 1.29 is 16.8 Å². The van der Waals surface area contributed by atoms with E-state index in [-0.39, 0.29) is 22.3 Å². The van der Waals surface area contributed by atoms with Crippen molar-refractivity contribution in [2.45, 2.75) is 63.9 Å². The standard InChI is InChI=1S/C14H19ClN2O2S.C14H20N2O2S/c1-14(2,3)9-6-7-10(15)12-11(8-20(5,18)19)16-17(4)13(9)12;1-14(2,3)11-8-6-7-10-12(9-19(5,17)18)15-16(4)13(10)11/h6-7H,8H2,1-5H3;6-8H,9H2,1-5H3. The largest absolute Gasteiger partial charge is 0.267 e. The van der Waals surface area contributed by atoms with Gasteiger partial charge in [-0.1, -0.05) is 77.4 Å². The number of hydrogen-bond acceptors (Lipinski definition) is 6. The predicted molar refractivity (Wildman–Crippen MR) is 161 cm³/mol. The van der Waals surface area contributed by atoms with Crippen LogP contribution in [0.5, 0.6) is 0 Å². The van der Waals surface area contributed by atoms with Gasteiger partial charge in [0.1, 0.15) is 0 Å². The Morgan fingerprint density at radius 1 is 0.718 bits per heavy atom. The Morgan fingerprint density at radius 3 is 1.69 bits per heavy atom. The molecule has 0 saturated heterocycles. The fourth-order valence-corrected chi connectivity index (χ4v) is 6.45. The molecule has 0 aliphatic heterocycles. The van der Waals surface area contributed by atoms with E-state index in [0.29, 0.717) is 16.4 Å². The summed E-state index contributed by atoms with van der Waals surface area (Å²) in [7, 11) is -2.55. The van der Waals surface area contributed by atoms with Gasteiger partial charge >= 0.3 is 0 Å². The number of aromatic nitrogens is 4. The van der Waals surface area contributed by atoms with Crippen molar-refractivity contribution in [2.75, 3.05) is 12.5 Å². The van der Waals surface area contributed by atoms with Crippen molar-refractivity contribution in [3.05, 3.63) is 57.9 Å². The summed E-state index contributed by atoms with van der Waals surface area (Å²) in [4.78, 5) is 0. The van der Waals surface area contributed by atoms with Crippen LogP contribution in [0.4, 0.5) is 0 Å². The molecule has 0 amide bonds. The molecule has 0 atom stereocenters. The average molecular weight is 595 g/mol. The second kappa shape index (κ2) is 10.5. The van der Waals surface area contributed by atoms with Crippen molar-refractivity contribution in [3.63, 3.8) is 0 Å². The van der Waals surface area contributed by atoms with E-state index in [2.05, 4.69) is 57.8 Å². The van der Waals surface area contributed by atoms with Crippen LogP contribution in [0.15, 0.2) is 30.3 Å². The van der Waals surface area contributed by atoms with Gasteiger partial charge in [-0.15, -0.1) is 0 Å². The lowest BCUT2D eigenvalue weighted by Gasteiger charge is -2.21. The first-order valence-corrected chi connectivity index (χ1v) is 17.0. The highest BCUT2D eigenvalue weighted by molar-refractivity contribution is 7.90. The minimum atomic E-state index is -3.15. The lowest BCUT2D eigenvalue weighted by Crippen LogP contribution is -2.13. The van der Waals surface area contributed by atoms with Crippen molar-refractivity contribution in [3.8, 4) is 0 Å². The zero-order valence-electron chi connectivity index (χ0n) is 24.4. The molecule has 0 unspecified atom stereocenters. The topological polar surface area (TPSA) is 104 Å². The molecule has 2 heterocycles. The van der Waals surface area contributed by atoms with Gasteiger partial charge in [-0.05, 0) is 28.0 Å². The number of para-hydroxylation sites is 1. The summed E-state index contributed by atoms with van der Waals surface area (Å²) in [6.45, 7) is 12.8. The molecule has 4 aromatic rings. The minimum Gasteiger partial charge on any atom is -0.267 e. The maximum absolute atomic E-state index is 11.6. The number of rotatable bonds is 4. The van der Waals surface area contributed by atoms with E-state index in [9.17, 15) is 16.8 Å². The molecule has 0 aliphatic carbocycles. The number of halogens is 1. The fourth-order valence-electron chi connectivity index (χ4n) is 4.78. The molecule has 8 nitrogen and oxygen atoms in total. The second-order valence-corrected chi connectivity index (χ2v) is 17.0. The Morgan fingerprint density at radius 2 is 1.18 bits per heavy atom. The Bertz CT molecular complexity index is 1760. The number of hydrogen-bond donors (Lipinski definition) is 0. The number of aryl methyl sites for hydroxylation is 2. The quantitative estimate of drug-likeness (QED) is 0.310. The van der Waals surface area contributed by atoms with Gasteiger partial charge < -0.3 is 0 Å².